The number of hydrogen-bond donors (Lipinski definition) is 1. The van der Waals surface area contributed by atoms with Crippen LogP contribution in [0.15, 0.2) is 18.2 Å². The summed E-state index contributed by atoms with van der Waals surface area (Å²) in [7, 11) is 1.96. The molecule has 0 spiro atoms. The van der Waals surface area contributed by atoms with E-state index in [9.17, 15) is 0 Å². The molecule has 0 fully saturated rings. The molecule has 0 radical (unpaired) electrons. The summed E-state index contributed by atoms with van der Waals surface area (Å²) in [5.74, 6) is 0. The van der Waals surface area contributed by atoms with Gasteiger partial charge in [-0.25, -0.2) is 0 Å². The van der Waals surface area contributed by atoms with E-state index in [4.69, 9.17) is 22.0 Å². The van der Waals surface area contributed by atoms with Crippen LogP contribution in [0, 0.1) is 11.3 Å². The smallest absolute Gasteiger partial charge is 0.101 e. The average molecular weight is 253 g/mol. The van der Waals surface area contributed by atoms with E-state index < -0.39 is 0 Å². The Balaban J connectivity index is 2.62. The number of aliphatic hydroxyl groups excluding tert-OH is 1. The van der Waals surface area contributed by atoms with Crippen LogP contribution in [0.1, 0.15) is 24.8 Å². The zero-order valence-electron chi connectivity index (χ0n) is 9.99. The minimum atomic E-state index is 0.244. The summed E-state index contributed by atoms with van der Waals surface area (Å²) in [4.78, 5) is 2.05. The summed E-state index contributed by atoms with van der Waals surface area (Å²) < 4.78 is 0. The van der Waals surface area contributed by atoms with Gasteiger partial charge in [-0.1, -0.05) is 11.6 Å². The van der Waals surface area contributed by atoms with Crippen LogP contribution in [-0.4, -0.2) is 25.3 Å². The van der Waals surface area contributed by atoms with Crippen LogP contribution in [0.3, 0.4) is 0 Å². The lowest BCUT2D eigenvalue weighted by Gasteiger charge is -2.20. The molecule has 0 unspecified atom stereocenters. The number of halogens is 1. The molecule has 1 aromatic rings. The van der Waals surface area contributed by atoms with E-state index in [1.807, 2.05) is 18.0 Å². The SMILES string of the molecule is CN(CCCCCO)c1ccc(Cl)cc1C#N. The lowest BCUT2D eigenvalue weighted by atomic mass is 10.1. The van der Waals surface area contributed by atoms with E-state index >= 15 is 0 Å². The summed E-state index contributed by atoms with van der Waals surface area (Å²) in [5.41, 5.74) is 1.50. The number of aliphatic hydroxyl groups is 1. The van der Waals surface area contributed by atoms with Gasteiger partial charge in [0.05, 0.1) is 11.3 Å². The minimum Gasteiger partial charge on any atom is -0.396 e. The normalized spacial score (nSPS) is 10.0. The van der Waals surface area contributed by atoms with Crippen molar-refractivity contribution in [1.29, 1.82) is 5.26 Å². The van der Waals surface area contributed by atoms with Crippen LogP contribution < -0.4 is 4.90 Å². The van der Waals surface area contributed by atoms with Gasteiger partial charge in [-0.3, -0.25) is 0 Å². The second kappa shape index (κ2) is 7.16. The zero-order valence-corrected chi connectivity index (χ0v) is 10.7. The van der Waals surface area contributed by atoms with Gasteiger partial charge < -0.3 is 10.0 Å². The fraction of sp³-hybridized carbons (Fsp3) is 0.462. The van der Waals surface area contributed by atoms with E-state index in [0.29, 0.717) is 10.6 Å². The van der Waals surface area contributed by atoms with Crippen LogP contribution in [0.2, 0.25) is 5.02 Å². The van der Waals surface area contributed by atoms with Crippen LogP contribution in [-0.2, 0) is 0 Å². The Kier molecular flexibility index (Phi) is 5.82. The number of nitriles is 1. The lowest BCUT2D eigenvalue weighted by molar-refractivity contribution is 0.283. The first kappa shape index (κ1) is 13.8. The number of anilines is 1. The summed E-state index contributed by atoms with van der Waals surface area (Å²) in [6.45, 7) is 1.12. The fourth-order valence-electron chi connectivity index (χ4n) is 1.69. The maximum absolute atomic E-state index is 9.03. The molecule has 0 aliphatic carbocycles. The van der Waals surface area contributed by atoms with Gasteiger partial charge in [0.25, 0.3) is 0 Å². The Morgan fingerprint density at radius 1 is 1.35 bits per heavy atom. The van der Waals surface area contributed by atoms with Crippen LogP contribution in [0.25, 0.3) is 0 Å². The number of benzene rings is 1. The predicted octanol–water partition coefficient (Wildman–Crippen LogP) is 2.81. The van der Waals surface area contributed by atoms with Crippen molar-refractivity contribution in [2.24, 2.45) is 0 Å². The largest absolute Gasteiger partial charge is 0.396 e. The van der Waals surface area contributed by atoms with Gasteiger partial charge in [0, 0.05) is 25.2 Å². The highest BCUT2D eigenvalue weighted by molar-refractivity contribution is 6.30. The molecule has 0 saturated carbocycles. The highest BCUT2D eigenvalue weighted by atomic mass is 35.5. The molecule has 1 rings (SSSR count). The molecule has 0 saturated heterocycles. The molecule has 17 heavy (non-hydrogen) atoms. The molecule has 0 aliphatic heterocycles. The molecular weight excluding hydrogens is 236 g/mol. The molecule has 0 atom stereocenters. The fourth-order valence-corrected chi connectivity index (χ4v) is 1.86. The van der Waals surface area contributed by atoms with Crippen molar-refractivity contribution in [3.63, 3.8) is 0 Å². The van der Waals surface area contributed by atoms with Gasteiger partial charge in [0.2, 0.25) is 0 Å². The van der Waals surface area contributed by atoms with Crippen LogP contribution in [0.5, 0.6) is 0 Å². The molecule has 0 amide bonds. The maximum atomic E-state index is 9.03. The van der Waals surface area contributed by atoms with Gasteiger partial charge in [0.1, 0.15) is 6.07 Å². The monoisotopic (exact) mass is 252 g/mol. The molecule has 1 N–H and O–H groups in total. The molecule has 0 bridgehead atoms. The number of nitrogens with zero attached hydrogens (tertiary/aromatic N) is 2. The first-order valence-electron chi connectivity index (χ1n) is 5.70. The predicted molar refractivity (Wildman–Crippen MR) is 70.4 cm³/mol. The van der Waals surface area contributed by atoms with Crippen molar-refractivity contribution >= 4 is 17.3 Å². The summed E-state index contributed by atoms with van der Waals surface area (Å²) in [6, 6.07) is 7.50. The van der Waals surface area contributed by atoms with E-state index in [0.717, 1.165) is 31.5 Å². The Bertz CT molecular complexity index is 401. The van der Waals surface area contributed by atoms with Crippen molar-refractivity contribution in [3.05, 3.63) is 28.8 Å². The van der Waals surface area contributed by atoms with E-state index in [1.54, 1.807) is 12.1 Å². The van der Waals surface area contributed by atoms with E-state index in [-0.39, 0.29) is 6.61 Å². The van der Waals surface area contributed by atoms with Gasteiger partial charge in [0.15, 0.2) is 0 Å². The average Bonchev–Trinajstić information content (AvgIpc) is 2.34. The van der Waals surface area contributed by atoms with Gasteiger partial charge in [-0.2, -0.15) is 5.26 Å². The Morgan fingerprint density at radius 3 is 2.76 bits per heavy atom. The van der Waals surface area contributed by atoms with Gasteiger partial charge in [-0.05, 0) is 37.5 Å². The summed E-state index contributed by atoms with van der Waals surface area (Å²) in [5, 5.41) is 18.3. The standard InChI is InChI=1S/C13H17ClN2O/c1-16(7-3-2-4-8-17)13-6-5-12(14)9-11(13)10-15/h5-6,9,17H,2-4,7-8H2,1H3. The van der Waals surface area contributed by atoms with Gasteiger partial charge >= 0.3 is 0 Å². The highest BCUT2D eigenvalue weighted by Gasteiger charge is 2.07. The molecule has 1 aromatic carbocycles. The second-order valence-electron chi connectivity index (χ2n) is 3.98. The van der Waals surface area contributed by atoms with Crippen molar-refractivity contribution in [2.45, 2.75) is 19.3 Å². The number of hydrogen-bond acceptors (Lipinski definition) is 3. The van der Waals surface area contributed by atoms with E-state index in [1.165, 1.54) is 0 Å². The van der Waals surface area contributed by atoms with Crippen molar-refractivity contribution in [1.82, 2.24) is 0 Å². The van der Waals surface area contributed by atoms with Crippen molar-refractivity contribution in [2.75, 3.05) is 25.1 Å². The first-order valence-corrected chi connectivity index (χ1v) is 6.08. The third-order valence-corrected chi connectivity index (χ3v) is 2.88. The second-order valence-corrected chi connectivity index (χ2v) is 4.42. The third kappa shape index (κ3) is 4.26. The Labute approximate surface area is 107 Å². The van der Waals surface area contributed by atoms with Crippen molar-refractivity contribution in [3.8, 4) is 6.07 Å². The minimum absolute atomic E-state index is 0.244. The summed E-state index contributed by atoms with van der Waals surface area (Å²) >= 11 is 5.85. The molecule has 3 nitrogen and oxygen atoms in total. The van der Waals surface area contributed by atoms with Crippen LogP contribution in [0.4, 0.5) is 5.69 Å². The topological polar surface area (TPSA) is 47.3 Å². The van der Waals surface area contributed by atoms with Gasteiger partial charge in [-0.15, -0.1) is 0 Å². The molecule has 0 aliphatic rings. The quantitative estimate of drug-likeness (QED) is 0.792. The lowest BCUT2D eigenvalue weighted by Crippen LogP contribution is -2.19. The number of rotatable bonds is 6. The van der Waals surface area contributed by atoms with Crippen LogP contribution >= 0.6 is 11.6 Å². The zero-order chi connectivity index (χ0) is 12.7. The molecule has 0 aromatic heterocycles. The van der Waals surface area contributed by atoms with Crippen molar-refractivity contribution < 1.29 is 5.11 Å². The number of unbranched alkanes of at least 4 members (excludes halogenated alkanes) is 2. The molecule has 92 valence electrons. The molecule has 0 heterocycles. The Hall–Kier alpha value is -1.24. The Morgan fingerprint density at radius 2 is 2.12 bits per heavy atom. The maximum Gasteiger partial charge on any atom is 0.101 e. The highest BCUT2D eigenvalue weighted by Crippen LogP contribution is 2.23. The van der Waals surface area contributed by atoms with E-state index in [2.05, 4.69) is 6.07 Å². The first-order chi connectivity index (χ1) is 8.19. The third-order valence-electron chi connectivity index (χ3n) is 2.64. The molecule has 4 heteroatoms. The summed E-state index contributed by atoms with van der Waals surface area (Å²) in [6.07, 6.45) is 2.83. The molecular formula is C13H17ClN2O.